The average Bonchev–Trinajstić information content (AvgIpc) is 3.25. The Kier molecular flexibility index (Phi) is 5.23. The quantitative estimate of drug-likeness (QED) is 0.635. The number of thioether (sulfide) groups is 1. The third-order valence-electron chi connectivity index (χ3n) is 3.85. The van der Waals surface area contributed by atoms with Gasteiger partial charge in [-0.25, -0.2) is 0 Å². The lowest BCUT2D eigenvalue weighted by molar-refractivity contribution is -0.129. The van der Waals surface area contributed by atoms with Crippen LogP contribution in [0.3, 0.4) is 0 Å². The minimum atomic E-state index is -0.263. The smallest absolute Gasteiger partial charge is 0.235 e. The van der Waals surface area contributed by atoms with Gasteiger partial charge in [0.25, 0.3) is 0 Å². The summed E-state index contributed by atoms with van der Waals surface area (Å²) in [6.45, 7) is 2.47. The Bertz CT molecular complexity index is 830. The zero-order valence-corrected chi connectivity index (χ0v) is 15.2. The molecular formula is C18H20N4O2S. The van der Waals surface area contributed by atoms with E-state index < -0.39 is 0 Å². The van der Waals surface area contributed by atoms with Crippen molar-refractivity contribution in [1.29, 1.82) is 0 Å². The molecule has 0 N–H and O–H groups in total. The topological polar surface area (TPSA) is 64.2 Å². The highest BCUT2D eigenvalue weighted by Crippen LogP contribution is 2.26. The molecule has 0 radical (unpaired) electrons. The number of carbonyl (C=O) groups excluding carboxylic acids is 1. The van der Waals surface area contributed by atoms with Crippen molar-refractivity contribution < 1.29 is 9.21 Å². The molecule has 130 valence electrons. The van der Waals surface area contributed by atoms with Gasteiger partial charge in [0.2, 0.25) is 5.91 Å². The molecular weight excluding hydrogens is 336 g/mol. The predicted octanol–water partition coefficient (Wildman–Crippen LogP) is 3.21. The minimum Gasteiger partial charge on any atom is -0.461 e. The zero-order chi connectivity index (χ0) is 17.8. The summed E-state index contributed by atoms with van der Waals surface area (Å²) in [5.41, 5.74) is 1.11. The molecule has 1 atom stereocenters. The number of hydrogen-bond acceptors (Lipinski definition) is 5. The van der Waals surface area contributed by atoms with Crippen LogP contribution in [-0.4, -0.2) is 37.9 Å². The number of furan rings is 1. The molecule has 0 saturated heterocycles. The molecule has 0 aliphatic carbocycles. The van der Waals surface area contributed by atoms with Crippen LogP contribution in [0.5, 0.6) is 0 Å². The van der Waals surface area contributed by atoms with Gasteiger partial charge in [0, 0.05) is 20.6 Å². The number of hydrogen-bond donors (Lipinski definition) is 0. The molecule has 2 aromatic heterocycles. The summed E-state index contributed by atoms with van der Waals surface area (Å²) < 4.78 is 7.20. The summed E-state index contributed by atoms with van der Waals surface area (Å²) in [7, 11) is 3.68. The molecule has 0 aliphatic rings. The van der Waals surface area contributed by atoms with Crippen molar-refractivity contribution in [2.24, 2.45) is 7.05 Å². The van der Waals surface area contributed by atoms with Gasteiger partial charge >= 0.3 is 0 Å². The third kappa shape index (κ3) is 3.93. The first-order valence-electron chi connectivity index (χ1n) is 7.95. The second-order valence-corrected chi connectivity index (χ2v) is 7.09. The van der Waals surface area contributed by atoms with Crippen LogP contribution in [0.25, 0.3) is 11.6 Å². The van der Waals surface area contributed by atoms with E-state index in [0.29, 0.717) is 23.3 Å². The van der Waals surface area contributed by atoms with E-state index >= 15 is 0 Å². The second kappa shape index (κ2) is 7.57. The number of benzene rings is 1. The van der Waals surface area contributed by atoms with E-state index in [1.54, 1.807) is 11.2 Å². The molecule has 0 fully saturated rings. The monoisotopic (exact) mass is 356 g/mol. The van der Waals surface area contributed by atoms with E-state index in [2.05, 4.69) is 10.2 Å². The van der Waals surface area contributed by atoms with E-state index in [0.717, 1.165) is 5.56 Å². The summed E-state index contributed by atoms with van der Waals surface area (Å²) in [6, 6.07) is 13.6. The van der Waals surface area contributed by atoms with Crippen LogP contribution >= 0.6 is 11.8 Å². The van der Waals surface area contributed by atoms with Crippen LogP contribution in [-0.2, 0) is 18.4 Å². The summed E-state index contributed by atoms with van der Waals surface area (Å²) in [5.74, 6) is 1.35. The van der Waals surface area contributed by atoms with Crippen LogP contribution in [0.15, 0.2) is 58.3 Å². The van der Waals surface area contributed by atoms with Crippen LogP contribution in [0.4, 0.5) is 0 Å². The van der Waals surface area contributed by atoms with Gasteiger partial charge < -0.3 is 13.9 Å². The SMILES string of the molecule is C[C@@H](Sc1nnc(-c2ccco2)n1C)C(=O)N(C)Cc1ccccc1. The Morgan fingerprint density at radius 3 is 2.68 bits per heavy atom. The lowest BCUT2D eigenvalue weighted by Gasteiger charge is -2.21. The minimum absolute atomic E-state index is 0.0522. The molecule has 1 aromatic carbocycles. The van der Waals surface area contributed by atoms with Crippen molar-refractivity contribution in [1.82, 2.24) is 19.7 Å². The second-order valence-electron chi connectivity index (χ2n) is 5.78. The van der Waals surface area contributed by atoms with Gasteiger partial charge in [0.1, 0.15) is 0 Å². The fourth-order valence-electron chi connectivity index (χ4n) is 2.49. The first-order chi connectivity index (χ1) is 12.1. The molecule has 3 rings (SSSR count). The van der Waals surface area contributed by atoms with Gasteiger partial charge in [-0.2, -0.15) is 0 Å². The highest BCUT2D eigenvalue weighted by Gasteiger charge is 2.22. The summed E-state index contributed by atoms with van der Waals surface area (Å²) in [4.78, 5) is 14.4. The molecule has 0 aliphatic heterocycles. The number of nitrogens with zero attached hydrogens (tertiary/aromatic N) is 4. The van der Waals surface area contributed by atoms with Crippen molar-refractivity contribution in [2.45, 2.75) is 23.9 Å². The summed E-state index contributed by atoms with van der Waals surface area (Å²) in [6.07, 6.45) is 1.60. The lowest BCUT2D eigenvalue weighted by Crippen LogP contribution is -2.32. The maximum absolute atomic E-state index is 12.6. The predicted molar refractivity (Wildman–Crippen MR) is 96.9 cm³/mol. The molecule has 1 amide bonds. The molecule has 6 nitrogen and oxygen atoms in total. The number of amides is 1. The lowest BCUT2D eigenvalue weighted by atomic mass is 10.2. The van der Waals surface area contributed by atoms with E-state index in [9.17, 15) is 4.79 Å². The van der Waals surface area contributed by atoms with Gasteiger partial charge in [-0.1, -0.05) is 42.1 Å². The summed E-state index contributed by atoms with van der Waals surface area (Å²) >= 11 is 1.39. The Labute approximate surface area is 150 Å². The maximum atomic E-state index is 12.6. The number of rotatable bonds is 6. The Morgan fingerprint density at radius 2 is 2.00 bits per heavy atom. The van der Waals surface area contributed by atoms with E-state index in [-0.39, 0.29) is 11.2 Å². The number of aromatic nitrogens is 3. The normalized spacial score (nSPS) is 12.1. The fourth-order valence-corrected chi connectivity index (χ4v) is 3.42. The average molecular weight is 356 g/mol. The van der Waals surface area contributed by atoms with Crippen molar-refractivity contribution in [3.05, 3.63) is 54.3 Å². The molecule has 0 saturated carbocycles. The molecule has 25 heavy (non-hydrogen) atoms. The fraction of sp³-hybridized carbons (Fsp3) is 0.278. The number of carbonyl (C=O) groups is 1. The maximum Gasteiger partial charge on any atom is 0.235 e. The van der Waals surface area contributed by atoms with Crippen LogP contribution < -0.4 is 0 Å². The molecule has 0 unspecified atom stereocenters. The van der Waals surface area contributed by atoms with E-state index in [4.69, 9.17) is 4.42 Å². The van der Waals surface area contributed by atoms with Crippen molar-refractivity contribution in [3.8, 4) is 11.6 Å². The highest BCUT2D eigenvalue weighted by molar-refractivity contribution is 8.00. The van der Waals surface area contributed by atoms with E-state index in [1.165, 1.54) is 11.8 Å². The van der Waals surface area contributed by atoms with Gasteiger partial charge in [-0.15, -0.1) is 10.2 Å². The van der Waals surface area contributed by atoms with Gasteiger partial charge in [-0.3, -0.25) is 4.79 Å². The Hall–Kier alpha value is -2.54. The van der Waals surface area contributed by atoms with Gasteiger partial charge in [0.05, 0.1) is 11.5 Å². The van der Waals surface area contributed by atoms with Crippen molar-refractivity contribution in [3.63, 3.8) is 0 Å². The molecule has 0 spiro atoms. The standard InChI is InChI=1S/C18H20N4O2S/c1-13(17(23)21(2)12-14-8-5-4-6-9-14)25-18-20-19-16(22(18)3)15-10-7-11-24-15/h4-11,13H,12H2,1-3H3/t13-/m1/s1. The first kappa shape index (κ1) is 17.3. The van der Waals surface area contributed by atoms with Crippen LogP contribution in [0.2, 0.25) is 0 Å². The molecule has 3 aromatic rings. The Morgan fingerprint density at radius 1 is 1.24 bits per heavy atom. The highest BCUT2D eigenvalue weighted by atomic mass is 32.2. The van der Waals surface area contributed by atoms with Crippen LogP contribution in [0, 0.1) is 0 Å². The first-order valence-corrected chi connectivity index (χ1v) is 8.83. The zero-order valence-electron chi connectivity index (χ0n) is 14.4. The third-order valence-corrected chi connectivity index (χ3v) is 4.97. The van der Waals surface area contributed by atoms with Crippen molar-refractivity contribution >= 4 is 17.7 Å². The van der Waals surface area contributed by atoms with Crippen molar-refractivity contribution in [2.75, 3.05) is 7.05 Å². The van der Waals surface area contributed by atoms with Crippen LogP contribution in [0.1, 0.15) is 12.5 Å². The Balaban J connectivity index is 1.65. The largest absolute Gasteiger partial charge is 0.461 e. The van der Waals surface area contributed by atoms with Gasteiger partial charge in [-0.05, 0) is 24.6 Å². The molecule has 0 bridgehead atoms. The summed E-state index contributed by atoms with van der Waals surface area (Å²) in [5, 5.41) is 8.76. The molecule has 2 heterocycles. The molecule has 7 heteroatoms. The van der Waals surface area contributed by atoms with E-state index in [1.807, 2.05) is 68.1 Å². The van der Waals surface area contributed by atoms with Gasteiger partial charge in [0.15, 0.2) is 16.7 Å².